The number of hydrogen-bond acceptors (Lipinski definition) is 2. The summed E-state index contributed by atoms with van der Waals surface area (Å²) in [4.78, 5) is 2.42. The third-order valence-corrected chi connectivity index (χ3v) is 11.2. The van der Waals surface area contributed by atoms with E-state index < -0.39 is 0 Å². The van der Waals surface area contributed by atoms with Crippen LogP contribution in [0, 0.1) is 0 Å². The molecule has 0 aliphatic heterocycles. The maximum absolute atomic E-state index is 6.55. The molecule has 1 heterocycles. The summed E-state index contributed by atoms with van der Waals surface area (Å²) in [5, 5.41) is 9.58. The molecule has 262 valence electrons. The molecule has 10 aromatic carbocycles. The van der Waals surface area contributed by atoms with Gasteiger partial charge in [-0.25, -0.2) is 0 Å². The van der Waals surface area contributed by atoms with Gasteiger partial charge in [-0.3, -0.25) is 0 Å². The number of rotatable bonds is 6. The lowest BCUT2D eigenvalue weighted by Gasteiger charge is -2.30. The molecular formula is C54H35NO. The van der Waals surface area contributed by atoms with Crippen molar-refractivity contribution < 1.29 is 4.42 Å². The second-order valence-corrected chi connectivity index (χ2v) is 14.5. The summed E-state index contributed by atoms with van der Waals surface area (Å²) in [6, 6.07) is 76.7. The standard InChI is InChI=1S/C54H35NO/c1-2-13-36(14-3-1)38-25-29-42(30-26-38)55(43-31-27-37-15-4-5-16-39(37)33-43)51-23-12-22-49(50-34-40-17-6-7-18-44(40)45-19-8-9-20-46(45)50)54(51)41-28-32-48-47-21-10-11-24-52(47)56-53(48)35-41/h1-35H. The maximum Gasteiger partial charge on any atom is 0.136 e. The number of hydrogen-bond donors (Lipinski definition) is 0. The monoisotopic (exact) mass is 713 g/mol. The molecule has 0 bridgehead atoms. The lowest BCUT2D eigenvalue weighted by molar-refractivity contribution is 0.669. The molecule has 2 heteroatoms. The first-order valence-corrected chi connectivity index (χ1v) is 19.2. The number of anilines is 3. The zero-order chi connectivity index (χ0) is 37.0. The first-order valence-electron chi connectivity index (χ1n) is 19.2. The second kappa shape index (κ2) is 13.2. The summed E-state index contributed by atoms with van der Waals surface area (Å²) < 4.78 is 6.55. The van der Waals surface area contributed by atoms with Crippen molar-refractivity contribution in [1.82, 2.24) is 0 Å². The van der Waals surface area contributed by atoms with Crippen LogP contribution in [0.1, 0.15) is 0 Å². The van der Waals surface area contributed by atoms with Crippen LogP contribution in [0.3, 0.4) is 0 Å². The Balaban J connectivity index is 1.22. The van der Waals surface area contributed by atoms with Crippen molar-refractivity contribution in [1.29, 1.82) is 0 Å². The van der Waals surface area contributed by atoms with Crippen LogP contribution in [0.5, 0.6) is 0 Å². The Labute approximate surface area is 325 Å². The molecular weight excluding hydrogens is 679 g/mol. The van der Waals surface area contributed by atoms with Crippen molar-refractivity contribution in [2.75, 3.05) is 4.90 Å². The van der Waals surface area contributed by atoms with E-state index >= 15 is 0 Å². The predicted molar refractivity (Wildman–Crippen MR) is 237 cm³/mol. The molecule has 0 aliphatic rings. The van der Waals surface area contributed by atoms with Crippen molar-refractivity contribution in [3.05, 3.63) is 212 Å². The van der Waals surface area contributed by atoms with Crippen molar-refractivity contribution in [2.45, 2.75) is 0 Å². The lowest BCUT2D eigenvalue weighted by atomic mass is 9.87. The maximum atomic E-state index is 6.55. The van der Waals surface area contributed by atoms with Gasteiger partial charge in [0.15, 0.2) is 0 Å². The minimum Gasteiger partial charge on any atom is -0.456 e. The van der Waals surface area contributed by atoms with Gasteiger partial charge in [0.1, 0.15) is 11.2 Å². The van der Waals surface area contributed by atoms with Gasteiger partial charge in [0.25, 0.3) is 0 Å². The first-order chi connectivity index (χ1) is 27.8. The Morgan fingerprint density at radius 1 is 0.304 bits per heavy atom. The molecule has 0 fully saturated rings. The number of para-hydroxylation sites is 1. The summed E-state index contributed by atoms with van der Waals surface area (Å²) in [6.45, 7) is 0. The Morgan fingerprint density at radius 2 is 0.929 bits per heavy atom. The van der Waals surface area contributed by atoms with Gasteiger partial charge < -0.3 is 9.32 Å². The van der Waals surface area contributed by atoms with E-state index in [9.17, 15) is 0 Å². The van der Waals surface area contributed by atoms with E-state index in [1.165, 1.54) is 49.0 Å². The number of fused-ring (bicyclic) bond motifs is 7. The minimum absolute atomic E-state index is 0.872. The van der Waals surface area contributed by atoms with Crippen molar-refractivity contribution in [3.63, 3.8) is 0 Å². The van der Waals surface area contributed by atoms with Gasteiger partial charge in [0.2, 0.25) is 0 Å². The van der Waals surface area contributed by atoms with Crippen LogP contribution in [0.15, 0.2) is 217 Å². The average molecular weight is 714 g/mol. The zero-order valence-corrected chi connectivity index (χ0v) is 30.6. The number of nitrogens with zero attached hydrogens (tertiary/aromatic N) is 1. The van der Waals surface area contributed by atoms with E-state index in [4.69, 9.17) is 4.42 Å². The van der Waals surface area contributed by atoms with Gasteiger partial charge in [-0.2, -0.15) is 0 Å². The highest BCUT2D eigenvalue weighted by molar-refractivity contribution is 6.16. The van der Waals surface area contributed by atoms with E-state index in [0.29, 0.717) is 0 Å². The molecule has 56 heavy (non-hydrogen) atoms. The van der Waals surface area contributed by atoms with Gasteiger partial charge in [0.05, 0.1) is 5.69 Å². The molecule has 0 unspecified atom stereocenters. The van der Waals surface area contributed by atoms with Crippen molar-refractivity contribution in [3.8, 4) is 33.4 Å². The van der Waals surface area contributed by atoms with Gasteiger partial charge in [-0.15, -0.1) is 0 Å². The fourth-order valence-corrected chi connectivity index (χ4v) is 8.59. The Morgan fingerprint density at radius 3 is 1.77 bits per heavy atom. The highest BCUT2D eigenvalue weighted by atomic mass is 16.3. The Bertz CT molecular complexity index is 3250. The SMILES string of the molecule is c1ccc(-c2ccc(N(c3ccc4ccccc4c3)c3cccc(-c4cc5ccccc5c5ccccc45)c3-c3ccc4c(c3)oc3ccccc34)cc2)cc1. The fourth-order valence-electron chi connectivity index (χ4n) is 8.59. The highest BCUT2D eigenvalue weighted by Crippen LogP contribution is 2.49. The molecule has 2 nitrogen and oxygen atoms in total. The van der Waals surface area contributed by atoms with Gasteiger partial charge in [-0.05, 0) is 115 Å². The first kappa shape index (κ1) is 32.0. The van der Waals surface area contributed by atoms with Gasteiger partial charge >= 0.3 is 0 Å². The van der Waals surface area contributed by atoms with E-state index in [1.54, 1.807) is 0 Å². The summed E-state index contributed by atoms with van der Waals surface area (Å²) >= 11 is 0. The minimum atomic E-state index is 0.872. The normalized spacial score (nSPS) is 11.6. The van der Waals surface area contributed by atoms with Crippen LogP contribution in [0.2, 0.25) is 0 Å². The molecule has 0 aliphatic carbocycles. The molecule has 11 rings (SSSR count). The highest BCUT2D eigenvalue weighted by Gasteiger charge is 2.23. The van der Waals surface area contributed by atoms with E-state index in [2.05, 4.69) is 211 Å². The van der Waals surface area contributed by atoms with Crippen LogP contribution in [0.4, 0.5) is 17.1 Å². The molecule has 0 radical (unpaired) electrons. The molecule has 0 atom stereocenters. The molecule has 1 aromatic heterocycles. The summed E-state index contributed by atoms with van der Waals surface area (Å²) in [5.74, 6) is 0. The third kappa shape index (κ3) is 5.34. The van der Waals surface area contributed by atoms with Crippen molar-refractivity contribution >= 4 is 71.3 Å². The summed E-state index contributed by atoms with van der Waals surface area (Å²) in [5.41, 5.74) is 12.0. The van der Waals surface area contributed by atoms with Gasteiger partial charge in [0, 0.05) is 27.7 Å². The summed E-state index contributed by atoms with van der Waals surface area (Å²) in [6.07, 6.45) is 0. The fraction of sp³-hybridized carbons (Fsp3) is 0. The largest absolute Gasteiger partial charge is 0.456 e. The van der Waals surface area contributed by atoms with Crippen LogP contribution in [-0.2, 0) is 0 Å². The smallest absolute Gasteiger partial charge is 0.136 e. The van der Waals surface area contributed by atoms with E-state index in [1.807, 2.05) is 6.07 Å². The molecule has 0 amide bonds. The molecule has 0 saturated carbocycles. The van der Waals surface area contributed by atoms with E-state index in [-0.39, 0.29) is 0 Å². The van der Waals surface area contributed by atoms with Gasteiger partial charge in [-0.1, -0.05) is 158 Å². The van der Waals surface area contributed by atoms with Crippen LogP contribution in [-0.4, -0.2) is 0 Å². The summed E-state index contributed by atoms with van der Waals surface area (Å²) in [7, 11) is 0. The lowest BCUT2D eigenvalue weighted by Crippen LogP contribution is -2.12. The Kier molecular flexibility index (Phi) is 7.53. The predicted octanol–water partition coefficient (Wildman–Crippen LogP) is 15.5. The molecule has 0 saturated heterocycles. The van der Waals surface area contributed by atoms with E-state index in [0.717, 1.165) is 55.7 Å². The molecule has 11 aromatic rings. The third-order valence-electron chi connectivity index (χ3n) is 11.2. The zero-order valence-electron chi connectivity index (χ0n) is 30.6. The average Bonchev–Trinajstić information content (AvgIpc) is 3.65. The number of furan rings is 1. The van der Waals surface area contributed by atoms with Crippen molar-refractivity contribution in [2.24, 2.45) is 0 Å². The molecule has 0 spiro atoms. The Hall–Kier alpha value is -7.42. The van der Waals surface area contributed by atoms with Crippen LogP contribution < -0.4 is 4.90 Å². The quantitative estimate of drug-likeness (QED) is 0.160. The topological polar surface area (TPSA) is 16.4 Å². The number of benzene rings is 10. The molecule has 0 N–H and O–H groups in total. The second-order valence-electron chi connectivity index (χ2n) is 14.5. The van der Waals surface area contributed by atoms with Crippen LogP contribution in [0.25, 0.3) is 87.6 Å². The van der Waals surface area contributed by atoms with Crippen LogP contribution >= 0.6 is 0 Å².